The number of benzene rings is 2. The molecule has 31 heavy (non-hydrogen) atoms. The van der Waals surface area contributed by atoms with Crippen molar-refractivity contribution < 1.29 is 14.7 Å². The first-order valence-electron chi connectivity index (χ1n) is 10.3. The van der Waals surface area contributed by atoms with Gasteiger partial charge in [-0.2, -0.15) is 15.0 Å². The van der Waals surface area contributed by atoms with Gasteiger partial charge in [0.1, 0.15) is 5.54 Å². The molecule has 158 valence electrons. The summed E-state index contributed by atoms with van der Waals surface area (Å²) in [4.78, 5) is 16.8. The summed E-state index contributed by atoms with van der Waals surface area (Å²) in [5.74, 6) is -0.356. The molecule has 4 rings (SSSR count). The van der Waals surface area contributed by atoms with Gasteiger partial charge in [0.2, 0.25) is 0 Å². The van der Waals surface area contributed by atoms with E-state index in [1.807, 2.05) is 48.5 Å². The van der Waals surface area contributed by atoms with E-state index in [1.165, 1.54) is 0 Å². The summed E-state index contributed by atoms with van der Waals surface area (Å²) in [7, 11) is 0. The SMILES string of the molecule is CCOC(=O)c1ccc2c(c1)C(CCCN=c1ccccn1O)(c1ccccc1)N=N2. The quantitative estimate of drug-likeness (QED) is 0.346. The maximum absolute atomic E-state index is 12.3. The Kier molecular flexibility index (Phi) is 5.93. The molecule has 0 fully saturated rings. The Morgan fingerprint density at radius 3 is 2.71 bits per heavy atom. The molecule has 2 aromatic carbocycles. The van der Waals surface area contributed by atoms with Gasteiger partial charge < -0.3 is 9.94 Å². The summed E-state index contributed by atoms with van der Waals surface area (Å²) in [6.45, 7) is 2.62. The molecule has 1 aliphatic rings. The third-order valence-corrected chi connectivity index (χ3v) is 5.32. The number of ether oxygens (including phenoxy) is 1. The summed E-state index contributed by atoms with van der Waals surface area (Å²) in [6.07, 6.45) is 2.91. The van der Waals surface area contributed by atoms with Crippen LogP contribution in [0.3, 0.4) is 0 Å². The van der Waals surface area contributed by atoms with Gasteiger partial charge >= 0.3 is 5.97 Å². The van der Waals surface area contributed by atoms with Gasteiger partial charge in [0, 0.05) is 18.3 Å². The topological polar surface area (TPSA) is 88.5 Å². The fourth-order valence-electron chi connectivity index (χ4n) is 3.82. The van der Waals surface area contributed by atoms with E-state index in [-0.39, 0.29) is 5.97 Å². The van der Waals surface area contributed by atoms with Crippen molar-refractivity contribution in [3.8, 4) is 0 Å². The number of hydrogen-bond donors (Lipinski definition) is 1. The van der Waals surface area contributed by atoms with E-state index in [1.54, 1.807) is 31.3 Å². The Bertz CT molecular complexity index is 1170. The van der Waals surface area contributed by atoms with Crippen molar-refractivity contribution in [1.82, 2.24) is 4.73 Å². The minimum Gasteiger partial charge on any atom is -0.462 e. The molecule has 0 aliphatic carbocycles. The van der Waals surface area contributed by atoms with Gasteiger partial charge in [-0.3, -0.25) is 4.99 Å². The first-order valence-corrected chi connectivity index (χ1v) is 10.3. The van der Waals surface area contributed by atoms with Crippen LogP contribution in [0.25, 0.3) is 0 Å². The van der Waals surface area contributed by atoms with Crippen molar-refractivity contribution in [3.05, 3.63) is 95.1 Å². The summed E-state index contributed by atoms with van der Waals surface area (Å²) >= 11 is 0. The van der Waals surface area contributed by atoms with Gasteiger partial charge in [-0.1, -0.05) is 36.4 Å². The third-order valence-electron chi connectivity index (χ3n) is 5.32. The van der Waals surface area contributed by atoms with Gasteiger partial charge in [-0.05, 0) is 55.7 Å². The number of pyridine rings is 1. The lowest BCUT2D eigenvalue weighted by Crippen LogP contribution is -2.24. The van der Waals surface area contributed by atoms with Crippen molar-refractivity contribution in [2.75, 3.05) is 13.2 Å². The summed E-state index contributed by atoms with van der Waals surface area (Å²) in [5, 5.41) is 19.0. The molecule has 1 N–H and O–H groups in total. The fourth-order valence-corrected chi connectivity index (χ4v) is 3.82. The number of carbonyl (C=O) groups excluding carboxylic acids is 1. The Morgan fingerprint density at radius 1 is 1.13 bits per heavy atom. The highest BCUT2D eigenvalue weighted by atomic mass is 16.5. The highest BCUT2D eigenvalue weighted by molar-refractivity contribution is 5.90. The van der Waals surface area contributed by atoms with E-state index in [2.05, 4.69) is 10.1 Å². The molecule has 1 unspecified atom stereocenters. The van der Waals surface area contributed by atoms with Crippen LogP contribution >= 0.6 is 0 Å². The molecule has 0 saturated carbocycles. The lowest BCUT2D eigenvalue weighted by Gasteiger charge is -2.27. The predicted molar refractivity (Wildman–Crippen MR) is 115 cm³/mol. The zero-order valence-corrected chi connectivity index (χ0v) is 17.3. The van der Waals surface area contributed by atoms with Gasteiger partial charge in [-0.15, -0.1) is 0 Å². The minimum absolute atomic E-state index is 0.320. The van der Waals surface area contributed by atoms with Gasteiger partial charge in [-0.25, -0.2) is 4.79 Å². The molecule has 0 bridgehead atoms. The molecule has 3 aromatic rings. The van der Waals surface area contributed by atoms with Crippen LogP contribution in [-0.2, 0) is 10.3 Å². The minimum atomic E-state index is -0.694. The second-order valence-electron chi connectivity index (χ2n) is 7.27. The molecule has 1 atom stereocenters. The van der Waals surface area contributed by atoms with E-state index in [4.69, 9.17) is 9.85 Å². The molecule has 1 aliphatic heterocycles. The molecule has 7 heteroatoms. The Labute approximate surface area is 180 Å². The largest absolute Gasteiger partial charge is 0.462 e. The Hall–Kier alpha value is -3.74. The number of hydrogen-bond acceptors (Lipinski definition) is 6. The number of rotatable bonds is 7. The number of aromatic nitrogens is 1. The van der Waals surface area contributed by atoms with Crippen LogP contribution in [-0.4, -0.2) is 29.1 Å². The summed E-state index contributed by atoms with van der Waals surface area (Å²) in [6, 6.07) is 20.7. The summed E-state index contributed by atoms with van der Waals surface area (Å²) < 4.78 is 6.18. The van der Waals surface area contributed by atoms with E-state index in [0.29, 0.717) is 37.0 Å². The number of esters is 1. The van der Waals surface area contributed by atoms with Crippen LogP contribution in [0.15, 0.2) is 88.1 Å². The smallest absolute Gasteiger partial charge is 0.338 e. The highest BCUT2D eigenvalue weighted by Gasteiger charge is 2.40. The van der Waals surface area contributed by atoms with Crippen LogP contribution in [0, 0.1) is 0 Å². The standard InChI is InChI=1S/C24H24N4O3/c1-2-31-23(29)18-12-13-21-20(17-18)24(27-26-21,19-9-4-3-5-10-19)14-8-15-25-22-11-6-7-16-28(22)30/h3-7,9-13,16-17,30H,2,8,14-15H2,1H3. The van der Waals surface area contributed by atoms with Crippen molar-refractivity contribution in [3.63, 3.8) is 0 Å². The van der Waals surface area contributed by atoms with Crippen molar-refractivity contribution in [1.29, 1.82) is 0 Å². The fraction of sp³-hybridized carbons (Fsp3) is 0.250. The first-order chi connectivity index (χ1) is 15.1. The number of azo groups is 1. The molecule has 2 heterocycles. The van der Waals surface area contributed by atoms with Crippen LogP contribution in [0.1, 0.15) is 41.3 Å². The van der Waals surface area contributed by atoms with Crippen molar-refractivity contribution in [2.24, 2.45) is 15.2 Å². The Balaban J connectivity index is 1.66. The number of carbonyl (C=O) groups is 1. The second-order valence-corrected chi connectivity index (χ2v) is 7.27. The average molecular weight is 416 g/mol. The van der Waals surface area contributed by atoms with Crippen LogP contribution < -0.4 is 5.49 Å². The molecular formula is C24H24N4O3. The maximum Gasteiger partial charge on any atom is 0.338 e. The Morgan fingerprint density at radius 2 is 1.94 bits per heavy atom. The molecule has 7 nitrogen and oxygen atoms in total. The highest BCUT2D eigenvalue weighted by Crippen LogP contribution is 2.48. The van der Waals surface area contributed by atoms with Gasteiger partial charge in [0.25, 0.3) is 0 Å². The van der Waals surface area contributed by atoms with Gasteiger partial charge in [0.15, 0.2) is 5.49 Å². The van der Waals surface area contributed by atoms with E-state index < -0.39 is 5.54 Å². The van der Waals surface area contributed by atoms with Crippen LogP contribution in [0.2, 0.25) is 0 Å². The monoisotopic (exact) mass is 416 g/mol. The molecule has 0 spiro atoms. The third kappa shape index (κ3) is 4.12. The lowest BCUT2D eigenvalue weighted by molar-refractivity contribution is 0.0526. The van der Waals surface area contributed by atoms with Crippen LogP contribution in [0.4, 0.5) is 5.69 Å². The van der Waals surface area contributed by atoms with Gasteiger partial charge in [0.05, 0.1) is 17.9 Å². The average Bonchev–Trinajstić information content (AvgIpc) is 3.17. The normalized spacial score (nSPS) is 17.5. The zero-order chi connectivity index (χ0) is 21.7. The van der Waals surface area contributed by atoms with Crippen molar-refractivity contribution in [2.45, 2.75) is 25.3 Å². The molecule has 0 amide bonds. The molecule has 1 aromatic heterocycles. The summed E-state index contributed by atoms with van der Waals surface area (Å²) in [5.41, 5.74) is 2.94. The predicted octanol–water partition coefficient (Wildman–Crippen LogP) is 4.62. The second kappa shape index (κ2) is 8.95. The number of fused-ring (bicyclic) bond motifs is 1. The molecule has 0 saturated heterocycles. The van der Waals surface area contributed by atoms with E-state index in [0.717, 1.165) is 21.5 Å². The first kappa shape index (κ1) is 20.5. The van der Waals surface area contributed by atoms with Crippen molar-refractivity contribution >= 4 is 11.7 Å². The molecular weight excluding hydrogens is 392 g/mol. The molecule has 0 radical (unpaired) electrons. The van der Waals surface area contributed by atoms with E-state index >= 15 is 0 Å². The lowest BCUT2D eigenvalue weighted by atomic mass is 9.79. The number of nitrogens with zero attached hydrogens (tertiary/aromatic N) is 4. The maximum atomic E-state index is 12.3. The van der Waals surface area contributed by atoms with E-state index in [9.17, 15) is 10.0 Å². The zero-order valence-electron chi connectivity index (χ0n) is 17.3. The van der Waals surface area contributed by atoms with Crippen LogP contribution in [0.5, 0.6) is 0 Å².